The van der Waals surface area contributed by atoms with Crippen molar-refractivity contribution in [1.82, 2.24) is 15.2 Å². The Morgan fingerprint density at radius 3 is 2.67 bits per heavy atom. The first-order chi connectivity index (χ1) is 10.1. The number of nitrogens with two attached hydrogens (primary N) is 1. The summed E-state index contributed by atoms with van der Waals surface area (Å²) in [6.07, 6.45) is 0. The van der Waals surface area contributed by atoms with Crippen molar-refractivity contribution < 1.29 is 9.47 Å². The lowest BCUT2D eigenvalue weighted by Gasteiger charge is -2.11. The molecule has 0 radical (unpaired) electrons. The molecule has 3 N–H and O–H groups in total. The average Bonchev–Trinajstić information content (AvgIpc) is 2.96. The van der Waals surface area contributed by atoms with Crippen LogP contribution in [-0.2, 0) is 0 Å². The Morgan fingerprint density at radius 2 is 2.05 bits per heavy atom. The van der Waals surface area contributed by atoms with Crippen molar-refractivity contribution >= 4 is 0 Å². The van der Waals surface area contributed by atoms with Crippen molar-refractivity contribution in [2.75, 3.05) is 13.7 Å². The molecular weight excluding hydrogens is 268 g/mol. The Bertz CT molecular complexity index is 595. The highest BCUT2D eigenvalue weighted by atomic mass is 16.5. The monoisotopic (exact) mass is 290 g/mol. The standard InChI is InChI=1S/C15H22N4O2/c1-5-21-12-8-10(6-7-11(12)20-4)14-17-15(19-18-14)13(16)9(2)3/h6-9,13H,5,16H2,1-4H3,(H,17,18,19)/t13-/m1/s1. The van der Waals surface area contributed by atoms with Crippen LogP contribution in [0.4, 0.5) is 0 Å². The zero-order chi connectivity index (χ0) is 15.4. The van der Waals surface area contributed by atoms with Crippen LogP contribution in [0, 0.1) is 5.92 Å². The molecule has 0 bridgehead atoms. The van der Waals surface area contributed by atoms with Crippen LogP contribution in [0.1, 0.15) is 32.6 Å². The van der Waals surface area contributed by atoms with Gasteiger partial charge in [0.2, 0.25) is 0 Å². The van der Waals surface area contributed by atoms with E-state index in [1.165, 1.54) is 0 Å². The van der Waals surface area contributed by atoms with Crippen molar-refractivity contribution in [2.45, 2.75) is 26.8 Å². The van der Waals surface area contributed by atoms with Crippen LogP contribution in [0.25, 0.3) is 11.4 Å². The van der Waals surface area contributed by atoms with Crippen LogP contribution >= 0.6 is 0 Å². The minimum atomic E-state index is -0.157. The van der Waals surface area contributed by atoms with Crippen LogP contribution < -0.4 is 15.2 Å². The number of nitrogens with one attached hydrogen (secondary N) is 1. The molecule has 1 heterocycles. The second-order valence-corrected chi connectivity index (χ2v) is 5.11. The minimum absolute atomic E-state index is 0.157. The van der Waals surface area contributed by atoms with E-state index in [0.29, 0.717) is 35.7 Å². The molecule has 2 rings (SSSR count). The Balaban J connectivity index is 2.32. The van der Waals surface area contributed by atoms with Crippen molar-refractivity contribution in [2.24, 2.45) is 11.7 Å². The zero-order valence-electron chi connectivity index (χ0n) is 12.9. The van der Waals surface area contributed by atoms with E-state index in [1.807, 2.05) is 39.0 Å². The summed E-state index contributed by atoms with van der Waals surface area (Å²) in [6.45, 7) is 6.59. The number of nitrogens with zero attached hydrogens (tertiary/aromatic N) is 2. The smallest absolute Gasteiger partial charge is 0.181 e. The maximum absolute atomic E-state index is 6.07. The van der Waals surface area contributed by atoms with Gasteiger partial charge < -0.3 is 15.2 Å². The van der Waals surface area contributed by atoms with E-state index >= 15 is 0 Å². The van der Waals surface area contributed by atoms with Gasteiger partial charge in [0.05, 0.1) is 19.8 Å². The van der Waals surface area contributed by atoms with Gasteiger partial charge in [0, 0.05) is 5.56 Å². The summed E-state index contributed by atoms with van der Waals surface area (Å²) in [7, 11) is 1.62. The fraction of sp³-hybridized carbons (Fsp3) is 0.467. The number of benzene rings is 1. The molecule has 0 amide bonds. The third-order valence-electron chi connectivity index (χ3n) is 3.26. The third-order valence-corrected chi connectivity index (χ3v) is 3.26. The lowest BCUT2D eigenvalue weighted by atomic mass is 10.1. The van der Waals surface area contributed by atoms with Gasteiger partial charge in [-0.1, -0.05) is 13.8 Å². The number of hydrogen-bond donors (Lipinski definition) is 2. The quantitative estimate of drug-likeness (QED) is 0.853. The van der Waals surface area contributed by atoms with Crippen molar-refractivity contribution in [1.29, 1.82) is 0 Å². The van der Waals surface area contributed by atoms with Gasteiger partial charge in [-0.2, -0.15) is 5.10 Å². The number of hydrogen-bond acceptors (Lipinski definition) is 5. The van der Waals surface area contributed by atoms with E-state index < -0.39 is 0 Å². The van der Waals surface area contributed by atoms with Crippen molar-refractivity contribution in [3.8, 4) is 22.9 Å². The van der Waals surface area contributed by atoms with E-state index in [0.717, 1.165) is 5.56 Å². The molecule has 1 aromatic carbocycles. The van der Waals surface area contributed by atoms with Crippen LogP contribution in [-0.4, -0.2) is 28.9 Å². The Morgan fingerprint density at radius 1 is 1.29 bits per heavy atom. The Hall–Kier alpha value is -2.08. The van der Waals surface area contributed by atoms with Crippen LogP contribution in [0.3, 0.4) is 0 Å². The van der Waals surface area contributed by atoms with Gasteiger partial charge in [0.25, 0.3) is 0 Å². The maximum atomic E-state index is 6.07. The molecule has 6 heteroatoms. The van der Waals surface area contributed by atoms with Gasteiger partial charge >= 0.3 is 0 Å². The second kappa shape index (κ2) is 6.58. The summed E-state index contributed by atoms with van der Waals surface area (Å²) >= 11 is 0. The molecule has 1 atom stereocenters. The summed E-state index contributed by atoms with van der Waals surface area (Å²) < 4.78 is 10.8. The van der Waals surface area contributed by atoms with Gasteiger partial charge in [-0.05, 0) is 31.0 Å². The number of rotatable bonds is 6. The zero-order valence-corrected chi connectivity index (χ0v) is 12.9. The van der Waals surface area contributed by atoms with Gasteiger partial charge in [0.15, 0.2) is 17.3 Å². The summed E-state index contributed by atoms with van der Waals surface area (Å²) in [4.78, 5) is 4.47. The number of H-pyrrole nitrogens is 1. The third kappa shape index (κ3) is 3.33. The SMILES string of the molecule is CCOc1cc(-c2n[nH]c([C@H](N)C(C)C)n2)ccc1OC. The fourth-order valence-electron chi connectivity index (χ4n) is 1.95. The van der Waals surface area contributed by atoms with Crippen LogP contribution in [0.2, 0.25) is 0 Å². The first-order valence-corrected chi connectivity index (χ1v) is 7.05. The lowest BCUT2D eigenvalue weighted by molar-refractivity contribution is 0.311. The van der Waals surface area contributed by atoms with Gasteiger partial charge in [-0.25, -0.2) is 4.98 Å². The molecule has 1 aromatic heterocycles. The second-order valence-electron chi connectivity index (χ2n) is 5.11. The molecule has 0 fully saturated rings. The molecular formula is C15H22N4O2. The van der Waals surface area contributed by atoms with Crippen LogP contribution in [0.5, 0.6) is 11.5 Å². The average molecular weight is 290 g/mol. The first-order valence-electron chi connectivity index (χ1n) is 7.05. The largest absolute Gasteiger partial charge is 0.493 e. The summed E-state index contributed by atoms with van der Waals surface area (Å²) in [5.74, 6) is 2.95. The first kappa shape index (κ1) is 15.3. The molecule has 0 aliphatic heterocycles. The lowest BCUT2D eigenvalue weighted by Crippen LogP contribution is -2.18. The van der Waals surface area contributed by atoms with Gasteiger partial charge in [0.1, 0.15) is 5.82 Å². The van der Waals surface area contributed by atoms with E-state index in [2.05, 4.69) is 15.2 Å². The minimum Gasteiger partial charge on any atom is -0.493 e. The highest BCUT2D eigenvalue weighted by Gasteiger charge is 2.16. The highest BCUT2D eigenvalue weighted by Crippen LogP contribution is 2.31. The molecule has 0 saturated carbocycles. The van der Waals surface area contributed by atoms with E-state index in [4.69, 9.17) is 15.2 Å². The normalized spacial score (nSPS) is 12.5. The van der Waals surface area contributed by atoms with Gasteiger partial charge in [-0.15, -0.1) is 0 Å². The summed E-state index contributed by atoms with van der Waals surface area (Å²) in [5, 5.41) is 7.14. The van der Waals surface area contributed by atoms with E-state index in [-0.39, 0.29) is 6.04 Å². The molecule has 0 spiro atoms. The topological polar surface area (TPSA) is 86.0 Å². The number of methoxy groups -OCH3 is 1. The molecule has 0 saturated heterocycles. The summed E-state index contributed by atoms with van der Waals surface area (Å²) in [6, 6.07) is 5.46. The van der Waals surface area contributed by atoms with E-state index in [1.54, 1.807) is 7.11 Å². The highest BCUT2D eigenvalue weighted by molar-refractivity contribution is 5.60. The molecule has 0 aliphatic carbocycles. The van der Waals surface area contributed by atoms with E-state index in [9.17, 15) is 0 Å². The molecule has 0 unspecified atom stereocenters. The number of aromatic nitrogens is 3. The number of aromatic amines is 1. The van der Waals surface area contributed by atoms with Gasteiger partial charge in [-0.3, -0.25) is 5.10 Å². The predicted octanol–water partition coefficient (Wildman–Crippen LogP) is 2.53. The Kier molecular flexibility index (Phi) is 4.80. The van der Waals surface area contributed by atoms with Crippen molar-refractivity contribution in [3.05, 3.63) is 24.0 Å². The molecule has 2 aromatic rings. The maximum Gasteiger partial charge on any atom is 0.181 e. The fourth-order valence-corrected chi connectivity index (χ4v) is 1.95. The molecule has 21 heavy (non-hydrogen) atoms. The molecule has 114 valence electrons. The van der Waals surface area contributed by atoms with Crippen LogP contribution in [0.15, 0.2) is 18.2 Å². The molecule has 6 nitrogen and oxygen atoms in total. The van der Waals surface area contributed by atoms with Crippen molar-refractivity contribution in [3.63, 3.8) is 0 Å². The number of ether oxygens (including phenoxy) is 2. The molecule has 0 aliphatic rings. The summed E-state index contributed by atoms with van der Waals surface area (Å²) in [5.41, 5.74) is 6.93. The predicted molar refractivity (Wildman–Crippen MR) is 81.3 cm³/mol. The Labute approximate surface area is 124 Å².